The van der Waals surface area contributed by atoms with E-state index in [1.165, 1.54) is 6.07 Å². The maximum Gasteiger partial charge on any atom is 0.433 e. The van der Waals surface area contributed by atoms with Crippen LogP contribution in [0.4, 0.5) is 30.6 Å². The quantitative estimate of drug-likeness (QED) is 0.435. The Labute approximate surface area is 235 Å². The molecule has 1 amide bonds. The Morgan fingerprint density at radius 2 is 1.88 bits per heavy atom. The molecule has 2 aliphatic heterocycles. The van der Waals surface area contributed by atoms with Crippen molar-refractivity contribution in [2.24, 2.45) is 5.92 Å². The minimum atomic E-state index is -4.55. The van der Waals surface area contributed by atoms with Gasteiger partial charge in [-0.3, -0.25) is 4.79 Å². The number of carbonyl (C=O) groups excluding carboxylic acids is 1. The Kier molecular flexibility index (Phi) is 6.75. The molecular weight excluding hydrogens is 537 g/mol. The largest absolute Gasteiger partial charge is 0.491 e. The van der Waals surface area contributed by atoms with E-state index >= 15 is 0 Å². The number of halogens is 3. The third kappa shape index (κ3) is 4.83. The molecule has 216 valence electrons. The molecule has 0 radical (unpaired) electrons. The molecule has 1 atom stereocenters. The normalized spacial score (nSPS) is 23.6. The summed E-state index contributed by atoms with van der Waals surface area (Å²) in [4.78, 5) is 29.9. The summed E-state index contributed by atoms with van der Waals surface area (Å²) in [6.07, 6.45) is -1.48. The average molecular weight is 569 g/mol. The lowest BCUT2D eigenvalue weighted by Crippen LogP contribution is -2.64. The van der Waals surface area contributed by atoms with E-state index in [1.54, 1.807) is 54.1 Å². The van der Waals surface area contributed by atoms with Crippen molar-refractivity contribution >= 4 is 23.4 Å². The van der Waals surface area contributed by atoms with Gasteiger partial charge in [-0.25, -0.2) is 9.97 Å². The van der Waals surface area contributed by atoms with E-state index in [2.05, 4.69) is 10.3 Å². The zero-order valence-corrected chi connectivity index (χ0v) is 22.8. The fourth-order valence-electron chi connectivity index (χ4n) is 5.70. The lowest BCUT2D eigenvalue weighted by Gasteiger charge is -2.48. The average Bonchev–Trinajstić information content (AvgIpc) is 2.95. The number of anilines is 3. The van der Waals surface area contributed by atoms with Crippen LogP contribution in [-0.2, 0) is 17.4 Å². The van der Waals surface area contributed by atoms with Gasteiger partial charge in [-0.15, -0.1) is 0 Å². The monoisotopic (exact) mass is 568 g/mol. The van der Waals surface area contributed by atoms with Gasteiger partial charge in [0.05, 0.1) is 18.9 Å². The zero-order valence-electron chi connectivity index (χ0n) is 22.8. The predicted octanol–water partition coefficient (Wildman–Crippen LogP) is 4.31. The number of benzene rings is 1. The zero-order chi connectivity index (χ0) is 28.9. The number of pyridine rings is 1. The second-order valence-corrected chi connectivity index (χ2v) is 11.1. The van der Waals surface area contributed by atoms with Crippen molar-refractivity contribution in [2.75, 3.05) is 41.9 Å². The first-order valence-electron chi connectivity index (χ1n) is 13.7. The molecule has 0 unspecified atom stereocenters. The first-order valence-corrected chi connectivity index (χ1v) is 13.7. The number of hydrogen-bond acceptors (Lipinski definition) is 8. The summed E-state index contributed by atoms with van der Waals surface area (Å²) >= 11 is 0. The number of amides is 1. The highest BCUT2D eigenvalue weighted by molar-refractivity contribution is 6.08. The third-order valence-electron chi connectivity index (χ3n) is 8.31. The molecule has 1 aliphatic carbocycles. The number of aliphatic hydroxyl groups excluding tert-OH is 1. The minimum absolute atomic E-state index is 0.104. The third-order valence-corrected chi connectivity index (χ3v) is 8.31. The lowest BCUT2D eigenvalue weighted by atomic mass is 9.81. The van der Waals surface area contributed by atoms with Crippen LogP contribution in [0.2, 0.25) is 0 Å². The van der Waals surface area contributed by atoms with Crippen LogP contribution in [0.25, 0.3) is 11.3 Å². The van der Waals surface area contributed by atoms with Gasteiger partial charge in [-0.05, 0) is 50.7 Å². The van der Waals surface area contributed by atoms with Crippen LogP contribution in [0.1, 0.15) is 37.6 Å². The summed E-state index contributed by atoms with van der Waals surface area (Å²) < 4.78 is 46.0. The van der Waals surface area contributed by atoms with Crippen molar-refractivity contribution in [3.05, 3.63) is 53.9 Å². The Morgan fingerprint density at radius 3 is 2.59 bits per heavy atom. The molecule has 1 fully saturated rings. The molecule has 4 heterocycles. The molecule has 1 saturated carbocycles. The molecule has 1 aromatic carbocycles. The van der Waals surface area contributed by atoms with Crippen molar-refractivity contribution in [3.63, 3.8) is 0 Å². The summed E-state index contributed by atoms with van der Waals surface area (Å²) in [7, 11) is 1.77. The Morgan fingerprint density at radius 1 is 1.12 bits per heavy atom. The van der Waals surface area contributed by atoms with Crippen LogP contribution in [0.5, 0.6) is 5.75 Å². The first kappa shape index (κ1) is 27.3. The van der Waals surface area contributed by atoms with E-state index < -0.39 is 17.4 Å². The van der Waals surface area contributed by atoms with Crippen molar-refractivity contribution in [2.45, 2.75) is 50.4 Å². The molecule has 9 nitrogen and oxygen atoms in total. The molecule has 0 saturated heterocycles. The van der Waals surface area contributed by atoms with Crippen molar-refractivity contribution in [3.8, 4) is 17.0 Å². The lowest BCUT2D eigenvalue weighted by molar-refractivity contribution is -0.141. The summed E-state index contributed by atoms with van der Waals surface area (Å²) in [5.41, 5.74) is 0.192. The summed E-state index contributed by atoms with van der Waals surface area (Å²) in [6.45, 7) is 2.30. The molecular formula is C29H31F3N6O3. The van der Waals surface area contributed by atoms with Gasteiger partial charge < -0.3 is 25.0 Å². The smallest absolute Gasteiger partial charge is 0.433 e. The highest BCUT2D eigenvalue weighted by Gasteiger charge is 2.49. The van der Waals surface area contributed by atoms with Gasteiger partial charge in [0.25, 0.3) is 5.91 Å². The maximum atomic E-state index is 13.3. The fourth-order valence-corrected chi connectivity index (χ4v) is 5.70. The topological polar surface area (TPSA) is 104 Å². The Hall–Kier alpha value is -3.93. The molecule has 2 aromatic heterocycles. The molecule has 3 aliphatic rings. The highest BCUT2D eigenvalue weighted by atomic mass is 19.4. The standard InChI is InChI=1S/C29H31F3N6O3/c1-28(16-39)26(40)38-12-6-9-20-24(38)25(37(28)2)36-27(34-20)33-19-13-17(14-19)15-41-21-10-11-22(29(30,31)32)35-23(21)18-7-4-3-5-8-18/h3-5,7-8,10-11,17,19,39H,6,9,12-16H2,1-2H3,(H,33,34,36)/t17?,19?,28-/m0/s1. The number of aryl methyl sites for hydroxylation is 1. The van der Waals surface area contributed by atoms with Gasteiger partial charge in [0.1, 0.15) is 28.4 Å². The number of nitrogens with zero attached hydrogens (tertiary/aromatic N) is 5. The fraction of sp³-hybridized carbons (Fsp3) is 0.448. The number of hydrogen-bond donors (Lipinski definition) is 2. The van der Waals surface area contributed by atoms with Crippen molar-refractivity contribution < 1.29 is 27.8 Å². The summed E-state index contributed by atoms with van der Waals surface area (Å²) in [5.74, 6) is 1.45. The van der Waals surface area contributed by atoms with Crippen molar-refractivity contribution in [1.29, 1.82) is 0 Å². The molecule has 3 aromatic rings. The number of likely N-dealkylation sites (N-methyl/N-ethyl adjacent to an activating group) is 1. The van der Waals surface area contributed by atoms with Crippen LogP contribution >= 0.6 is 0 Å². The van der Waals surface area contributed by atoms with E-state index in [-0.39, 0.29) is 30.2 Å². The van der Waals surface area contributed by atoms with E-state index in [4.69, 9.17) is 14.7 Å². The number of nitrogens with one attached hydrogen (secondary N) is 1. The van der Waals surface area contributed by atoms with Gasteiger partial charge >= 0.3 is 6.18 Å². The number of ether oxygens (including phenoxy) is 1. The number of rotatable bonds is 7. The molecule has 2 N–H and O–H groups in total. The van der Waals surface area contributed by atoms with Crippen molar-refractivity contribution in [1.82, 2.24) is 15.0 Å². The highest BCUT2D eigenvalue weighted by Crippen LogP contribution is 2.43. The van der Waals surface area contributed by atoms with Crippen LogP contribution in [0, 0.1) is 5.92 Å². The Balaban J connectivity index is 1.13. The maximum absolute atomic E-state index is 13.3. The number of aliphatic hydroxyl groups is 1. The van der Waals surface area contributed by atoms with E-state index in [0.29, 0.717) is 36.2 Å². The van der Waals surface area contributed by atoms with Gasteiger partial charge in [0, 0.05) is 25.2 Å². The van der Waals surface area contributed by atoms with E-state index in [0.717, 1.165) is 43.1 Å². The van der Waals surface area contributed by atoms with E-state index in [9.17, 15) is 23.1 Å². The molecule has 41 heavy (non-hydrogen) atoms. The van der Waals surface area contributed by atoms with Gasteiger partial charge in [-0.1, -0.05) is 30.3 Å². The summed E-state index contributed by atoms with van der Waals surface area (Å²) in [6, 6.07) is 11.1. The molecule has 0 spiro atoms. The Bertz CT molecular complexity index is 1460. The van der Waals surface area contributed by atoms with Gasteiger partial charge in [0.15, 0.2) is 5.82 Å². The number of alkyl halides is 3. The predicted molar refractivity (Wildman–Crippen MR) is 147 cm³/mol. The van der Waals surface area contributed by atoms with Crippen LogP contribution in [0.3, 0.4) is 0 Å². The van der Waals surface area contributed by atoms with Gasteiger partial charge in [-0.2, -0.15) is 18.2 Å². The minimum Gasteiger partial charge on any atom is -0.491 e. The molecule has 6 rings (SSSR count). The second-order valence-electron chi connectivity index (χ2n) is 11.1. The van der Waals surface area contributed by atoms with Crippen LogP contribution < -0.4 is 19.9 Å². The number of carbonyl (C=O) groups is 1. The van der Waals surface area contributed by atoms with E-state index in [1.807, 2.05) is 0 Å². The number of aromatic nitrogens is 3. The molecule has 0 bridgehead atoms. The molecule has 12 heteroatoms. The van der Waals surface area contributed by atoms with Crippen LogP contribution in [0.15, 0.2) is 42.5 Å². The second kappa shape index (κ2) is 10.2. The summed E-state index contributed by atoms with van der Waals surface area (Å²) in [5, 5.41) is 13.5. The van der Waals surface area contributed by atoms with Crippen LogP contribution in [-0.4, -0.2) is 64.4 Å². The van der Waals surface area contributed by atoms with Gasteiger partial charge in [0.2, 0.25) is 5.95 Å². The first-order chi connectivity index (χ1) is 19.6. The SMILES string of the molecule is CN1c2nc(NC3CC(COc4ccc(C(F)(F)F)nc4-c4ccccc4)C3)nc3c2N(CCC3)C(=O)[C@]1(C)CO.